The average Bonchev–Trinajstić information content (AvgIpc) is 3.15. The highest BCUT2D eigenvalue weighted by atomic mass is 16.3. The smallest absolute Gasteiger partial charge is 0.220 e. The fraction of sp³-hybridized carbons (Fsp3) is 0.854. The minimum absolute atomic E-state index is 0.0769. The molecule has 0 bridgehead atoms. The Hall–Kier alpha value is -1.39. The van der Waals surface area contributed by atoms with Gasteiger partial charge in [-0.1, -0.05) is 224 Å². The summed E-state index contributed by atoms with van der Waals surface area (Å²) in [5.41, 5.74) is 0. The van der Waals surface area contributed by atoms with Crippen LogP contribution in [-0.2, 0) is 4.79 Å². The molecule has 0 aromatic rings. The van der Waals surface area contributed by atoms with Gasteiger partial charge in [-0.25, -0.2) is 0 Å². The van der Waals surface area contributed by atoms with Crippen molar-refractivity contribution < 1.29 is 15.0 Å². The lowest BCUT2D eigenvalue weighted by atomic mass is 10.0. The van der Waals surface area contributed by atoms with Crippen molar-refractivity contribution in [2.45, 2.75) is 257 Å². The number of aliphatic hydroxyl groups excluding tert-OH is 2. The first-order valence-electron chi connectivity index (χ1n) is 23.2. The second-order valence-electron chi connectivity index (χ2n) is 15.8. The molecule has 4 nitrogen and oxygen atoms in total. The molecular weight excluding hydrogens is 639 g/mol. The van der Waals surface area contributed by atoms with E-state index in [2.05, 4.69) is 43.5 Å². The first-order chi connectivity index (χ1) is 25.7. The molecule has 3 N–H and O–H groups in total. The Morgan fingerprint density at radius 1 is 0.462 bits per heavy atom. The molecular formula is C48H91NO3. The Morgan fingerprint density at radius 3 is 1.19 bits per heavy atom. The summed E-state index contributed by atoms with van der Waals surface area (Å²) >= 11 is 0. The maximum Gasteiger partial charge on any atom is 0.220 e. The van der Waals surface area contributed by atoms with Gasteiger partial charge in [0.15, 0.2) is 0 Å². The number of allylic oxidation sites excluding steroid dienone is 5. The fourth-order valence-electron chi connectivity index (χ4n) is 7.03. The van der Waals surface area contributed by atoms with Gasteiger partial charge in [0, 0.05) is 6.42 Å². The van der Waals surface area contributed by atoms with Gasteiger partial charge in [-0.3, -0.25) is 4.79 Å². The van der Waals surface area contributed by atoms with E-state index in [1.807, 2.05) is 6.08 Å². The maximum absolute atomic E-state index is 12.4. The van der Waals surface area contributed by atoms with Crippen molar-refractivity contribution in [2.75, 3.05) is 6.61 Å². The third kappa shape index (κ3) is 39.8. The SMILES string of the molecule is CCCCC/C=C\C/C=C\CCCCCCCC(=O)NC(CO)C(O)/C=C/CCCCCCCCCCCCCCCCCCCCCCCCC. The summed E-state index contributed by atoms with van der Waals surface area (Å²) in [6.07, 6.45) is 58.4. The standard InChI is InChI=1S/C48H91NO3/c1-3-5-7-9-11-13-15-17-19-20-21-22-23-24-25-26-27-28-30-31-33-35-37-39-41-43-47(51)46(45-50)49-48(52)44-42-40-38-36-34-32-29-18-16-14-12-10-8-6-4-2/h12,14,18,29,41,43,46-47,50-51H,3-11,13,15-17,19-28,30-40,42,44-45H2,1-2H3,(H,49,52)/b14-12-,29-18-,43-41+. The molecule has 0 saturated heterocycles. The van der Waals surface area contributed by atoms with E-state index in [-0.39, 0.29) is 12.5 Å². The molecule has 2 atom stereocenters. The Balaban J connectivity index is 3.53. The fourth-order valence-corrected chi connectivity index (χ4v) is 7.03. The van der Waals surface area contributed by atoms with Gasteiger partial charge in [-0.15, -0.1) is 0 Å². The second-order valence-corrected chi connectivity index (χ2v) is 15.8. The van der Waals surface area contributed by atoms with Gasteiger partial charge in [0.2, 0.25) is 5.91 Å². The van der Waals surface area contributed by atoms with E-state index in [4.69, 9.17) is 0 Å². The van der Waals surface area contributed by atoms with Gasteiger partial charge in [0.1, 0.15) is 0 Å². The summed E-state index contributed by atoms with van der Waals surface area (Å²) in [6.45, 7) is 4.29. The van der Waals surface area contributed by atoms with Gasteiger partial charge in [0.05, 0.1) is 18.8 Å². The van der Waals surface area contributed by atoms with Crippen molar-refractivity contribution in [3.8, 4) is 0 Å². The lowest BCUT2D eigenvalue weighted by Gasteiger charge is -2.20. The largest absolute Gasteiger partial charge is 0.394 e. The minimum atomic E-state index is -0.844. The Morgan fingerprint density at radius 2 is 0.788 bits per heavy atom. The molecule has 0 aromatic carbocycles. The van der Waals surface area contributed by atoms with Crippen LogP contribution in [0, 0.1) is 0 Å². The molecule has 2 unspecified atom stereocenters. The van der Waals surface area contributed by atoms with Gasteiger partial charge in [-0.05, 0) is 51.4 Å². The number of hydrogen-bond acceptors (Lipinski definition) is 3. The van der Waals surface area contributed by atoms with E-state index in [0.29, 0.717) is 6.42 Å². The quantitative estimate of drug-likeness (QED) is 0.0433. The lowest BCUT2D eigenvalue weighted by Crippen LogP contribution is -2.45. The first kappa shape index (κ1) is 50.6. The van der Waals surface area contributed by atoms with Crippen LogP contribution < -0.4 is 5.32 Å². The van der Waals surface area contributed by atoms with Crippen molar-refractivity contribution in [1.82, 2.24) is 5.32 Å². The zero-order chi connectivity index (χ0) is 37.8. The van der Waals surface area contributed by atoms with Crippen LogP contribution in [0.5, 0.6) is 0 Å². The molecule has 0 fully saturated rings. The second kappa shape index (κ2) is 44.0. The van der Waals surface area contributed by atoms with E-state index in [9.17, 15) is 15.0 Å². The summed E-state index contributed by atoms with van der Waals surface area (Å²) in [4.78, 5) is 12.4. The van der Waals surface area contributed by atoms with Crippen molar-refractivity contribution in [2.24, 2.45) is 0 Å². The van der Waals surface area contributed by atoms with E-state index in [0.717, 1.165) is 44.9 Å². The van der Waals surface area contributed by atoms with Crippen LogP contribution in [0.25, 0.3) is 0 Å². The number of carbonyl (C=O) groups is 1. The summed E-state index contributed by atoms with van der Waals surface area (Å²) in [5.74, 6) is -0.0769. The van der Waals surface area contributed by atoms with E-state index in [1.165, 1.54) is 180 Å². The molecule has 0 spiro atoms. The van der Waals surface area contributed by atoms with Crippen LogP contribution in [0.3, 0.4) is 0 Å². The van der Waals surface area contributed by atoms with Crippen molar-refractivity contribution >= 4 is 5.91 Å². The maximum atomic E-state index is 12.4. The normalized spacial score (nSPS) is 13.2. The zero-order valence-corrected chi connectivity index (χ0v) is 35.1. The third-order valence-corrected chi connectivity index (χ3v) is 10.6. The molecule has 0 aromatic heterocycles. The number of unbranched alkanes of at least 4 members (excludes halogenated alkanes) is 31. The molecule has 0 aliphatic rings. The molecule has 52 heavy (non-hydrogen) atoms. The molecule has 1 amide bonds. The van der Waals surface area contributed by atoms with Gasteiger partial charge >= 0.3 is 0 Å². The molecule has 0 heterocycles. The first-order valence-corrected chi connectivity index (χ1v) is 23.2. The highest BCUT2D eigenvalue weighted by Crippen LogP contribution is 2.16. The predicted octanol–water partition coefficient (Wildman–Crippen LogP) is 14.6. The summed E-state index contributed by atoms with van der Waals surface area (Å²) in [6, 6.07) is -0.629. The number of rotatable bonds is 42. The van der Waals surface area contributed by atoms with Gasteiger partial charge in [0.25, 0.3) is 0 Å². The lowest BCUT2D eigenvalue weighted by molar-refractivity contribution is -0.123. The number of amides is 1. The Labute approximate surface area is 325 Å². The third-order valence-electron chi connectivity index (χ3n) is 10.6. The number of hydrogen-bond donors (Lipinski definition) is 3. The Kier molecular flexibility index (Phi) is 42.8. The van der Waals surface area contributed by atoms with Crippen LogP contribution in [0.2, 0.25) is 0 Å². The molecule has 306 valence electrons. The van der Waals surface area contributed by atoms with E-state index in [1.54, 1.807) is 6.08 Å². The van der Waals surface area contributed by atoms with Crippen LogP contribution in [0.4, 0.5) is 0 Å². The van der Waals surface area contributed by atoms with E-state index >= 15 is 0 Å². The highest BCUT2D eigenvalue weighted by molar-refractivity contribution is 5.76. The monoisotopic (exact) mass is 730 g/mol. The van der Waals surface area contributed by atoms with Crippen LogP contribution in [0.15, 0.2) is 36.5 Å². The number of nitrogens with one attached hydrogen (secondary N) is 1. The highest BCUT2D eigenvalue weighted by Gasteiger charge is 2.17. The van der Waals surface area contributed by atoms with Crippen molar-refractivity contribution in [3.05, 3.63) is 36.5 Å². The topological polar surface area (TPSA) is 69.6 Å². The minimum Gasteiger partial charge on any atom is -0.394 e. The molecule has 0 radical (unpaired) electrons. The van der Waals surface area contributed by atoms with Crippen molar-refractivity contribution in [3.63, 3.8) is 0 Å². The van der Waals surface area contributed by atoms with Gasteiger partial charge < -0.3 is 15.5 Å². The number of aliphatic hydroxyl groups is 2. The summed E-state index contributed by atoms with van der Waals surface area (Å²) in [7, 11) is 0. The van der Waals surface area contributed by atoms with Crippen molar-refractivity contribution in [1.29, 1.82) is 0 Å². The predicted molar refractivity (Wildman–Crippen MR) is 230 cm³/mol. The summed E-state index contributed by atoms with van der Waals surface area (Å²) < 4.78 is 0. The molecule has 0 aliphatic carbocycles. The average molecular weight is 730 g/mol. The van der Waals surface area contributed by atoms with Gasteiger partial charge in [-0.2, -0.15) is 0 Å². The molecule has 0 aliphatic heterocycles. The van der Waals surface area contributed by atoms with Crippen LogP contribution >= 0.6 is 0 Å². The Bertz CT molecular complexity index is 790. The summed E-state index contributed by atoms with van der Waals surface area (Å²) in [5, 5.41) is 23.0. The molecule has 0 rings (SSSR count). The molecule has 0 saturated carbocycles. The zero-order valence-electron chi connectivity index (χ0n) is 35.1. The molecule has 4 heteroatoms. The van der Waals surface area contributed by atoms with E-state index < -0.39 is 12.1 Å². The van der Waals surface area contributed by atoms with Crippen LogP contribution in [0.1, 0.15) is 245 Å². The number of carbonyl (C=O) groups excluding carboxylic acids is 1. The van der Waals surface area contributed by atoms with Crippen LogP contribution in [-0.4, -0.2) is 34.9 Å².